The van der Waals surface area contributed by atoms with E-state index < -0.39 is 0 Å². The van der Waals surface area contributed by atoms with Gasteiger partial charge in [0.05, 0.1) is 30.5 Å². The Balaban J connectivity index is 1.40. The second-order valence-electron chi connectivity index (χ2n) is 10.4. The van der Waals surface area contributed by atoms with Crippen LogP contribution in [0.5, 0.6) is 11.5 Å². The minimum absolute atomic E-state index is 0.0987. The molecular weight excluding hydrogens is 612 g/mol. The molecule has 0 saturated carbocycles. The Labute approximate surface area is 255 Å². The van der Waals surface area contributed by atoms with Crippen molar-refractivity contribution in [1.82, 2.24) is 4.57 Å². The van der Waals surface area contributed by atoms with Crippen molar-refractivity contribution in [2.24, 2.45) is 4.99 Å². The molecule has 0 radical (unpaired) electrons. The fourth-order valence-corrected chi connectivity index (χ4v) is 7.54. The highest BCUT2D eigenvalue weighted by molar-refractivity contribution is 9.10. The van der Waals surface area contributed by atoms with Crippen molar-refractivity contribution in [2.45, 2.75) is 25.8 Å². The predicted octanol–water partition coefficient (Wildman–Crippen LogP) is 6.67. The van der Waals surface area contributed by atoms with E-state index >= 15 is 0 Å². The van der Waals surface area contributed by atoms with Crippen molar-refractivity contribution >= 4 is 39.0 Å². The number of aryl methyl sites for hydroxylation is 2. The van der Waals surface area contributed by atoms with Gasteiger partial charge < -0.3 is 13.9 Å². The van der Waals surface area contributed by atoms with Crippen LogP contribution in [0.15, 0.2) is 97.0 Å². The number of furan rings is 1. The first kappa shape index (κ1) is 26.7. The average Bonchev–Trinajstić information content (AvgIpc) is 3.59. The molecule has 2 aliphatic rings. The number of ether oxygens (including phenoxy) is 2. The van der Waals surface area contributed by atoms with E-state index in [1.165, 1.54) is 16.9 Å². The molecule has 42 heavy (non-hydrogen) atoms. The van der Waals surface area contributed by atoms with Gasteiger partial charge in [-0.15, -0.1) is 0 Å². The number of rotatable bonds is 5. The van der Waals surface area contributed by atoms with Crippen LogP contribution < -0.4 is 24.4 Å². The Morgan fingerprint density at radius 1 is 0.976 bits per heavy atom. The summed E-state index contributed by atoms with van der Waals surface area (Å²) < 4.78 is 20.7. The van der Waals surface area contributed by atoms with Crippen molar-refractivity contribution in [3.05, 3.63) is 131 Å². The summed E-state index contributed by atoms with van der Waals surface area (Å²) in [6.07, 6.45) is 3.52. The first-order chi connectivity index (χ1) is 20.4. The zero-order valence-corrected chi connectivity index (χ0v) is 25.7. The SMILES string of the molecule is COc1ccc([C@@H]2C3=C(N=c4s/c(=C\c5ccc(-c6ccc(C)cc6Br)o5)c(=O)n42)c2ccccc2CC3)cc1OC. The van der Waals surface area contributed by atoms with E-state index in [0.29, 0.717) is 26.6 Å². The number of hydrogen-bond acceptors (Lipinski definition) is 6. The first-order valence-electron chi connectivity index (χ1n) is 13.7. The smallest absolute Gasteiger partial charge is 0.271 e. The van der Waals surface area contributed by atoms with Crippen LogP contribution in [0.2, 0.25) is 0 Å². The summed E-state index contributed by atoms with van der Waals surface area (Å²) in [5.41, 5.74) is 7.45. The van der Waals surface area contributed by atoms with E-state index in [9.17, 15) is 4.79 Å². The molecule has 1 aliphatic carbocycles. The molecule has 0 N–H and O–H groups in total. The summed E-state index contributed by atoms with van der Waals surface area (Å²) in [6.45, 7) is 2.05. The zero-order valence-electron chi connectivity index (χ0n) is 23.3. The lowest BCUT2D eigenvalue weighted by atomic mass is 9.83. The van der Waals surface area contributed by atoms with Gasteiger partial charge >= 0.3 is 0 Å². The third-order valence-electron chi connectivity index (χ3n) is 7.89. The summed E-state index contributed by atoms with van der Waals surface area (Å²) in [5.74, 6) is 2.61. The molecule has 210 valence electrons. The maximum absolute atomic E-state index is 14.1. The molecule has 0 spiro atoms. The Hall–Kier alpha value is -4.14. The van der Waals surface area contributed by atoms with Crippen molar-refractivity contribution in [3.63, 3.8) is 0 Å². The van der Waals surface area contributed by atoms with Gasteiger partial charge in [0.1, 0.15) is 11.5 Å². The quantitative estimate of drug-likeness (QED) is 0.216. The molecule has 2 aromatic heterocycles. The number of hydrogen-bond donors (Lipinski definition) is 0. The van der Waals surface area contributed by atoms with E-state index in [1.807, 2.05) is 60.0 Å². The number of halogens is 1. The normalized spacial score (nSPS) is 16.0. The topological polar surface area (TPSA) is 66.0 Å². The fourth-order valence-electron chi connectivity index (χ4n) is 5.87. The highest BCUT2D eigenvalue weighted by atomic mass is 79.9. The van der Waals surface area contributed by atoms with Gasteiger partial charge in [0, 0.05) is 21.7 Å². The molecule has 0 saturated heterocycles. The molecule has 0 bridgehead atoms. The Morgan fingerprint density at radius 3 is 2.62 bits per heavy atom. The molecule has 6 nitrogen and oxygen atoms in total. The molecular formula is C34H27BrN2O4S. The summed E-state index contributed by atoms with van der Waals surface area (Å²) in [6, 6.07) is 23.9. The highest BCUT2D eigenvalue weighted by Crippen LogP contribution is 2.43. The fraction of sp³-hybridized carbons (Fsp3) is 0.176. The number of nitrogens with zero attached hydrogens (tertiary/aromatic N) is 2. The zero-order chi connectivity index (χ0) is 29.0. The van der Waals surface area contributed by atoms with Crippen LogP contribution in [0.4, 0.5) is 0 Å². The summed E-state index contributed by atoms with van der Waals surface area (Å²) in [4.78, 5) is 19.9. The van der Waals surface area contributed by atoms with Gasteiger partial charge in [-0.2, -0.15) is 0 Å². The lowest BCUT2D eigenvalue weighted by molar-refractivity contribution is 0.354. The molecule has 8 heteroatoms. The van der Waals surface area contributed by atoms with E-state index in [4.69, 9.17) is 18.9 Å². The molecule has 7 rings (SSSR count). The molecule has 0 amide bonds. The second kappa shape index (κ2) is 10.6. The third kappa shape index (κ3) is 4.46. The van der Waals surface area contributed by atoms with Crippen LogP contribution in [0, 0.1) is 6.92 Å². The van der Waals surface area contributed by atoms with Gasteiger partial charge in [-0.05, 0) is 78.4 Å². The largest absolute Gasteiger partial charge is 0.493 e. The van der Waals surface area contributed by atoms with Crippen molar-refractivity contribution in [1.29, 1.82) is 0 Å². The van der Waals surface area contributed by atoms with Crippen LogP contribution in [0.1, 0.15) is 40.5 Å². The lowest BCUT2D eigenvalue weighted by Gasteiger charge is -2.31. The number of allylic oxidation sites excluding steroid dienone is 1. The Bertz CT molecular complexity index is 2080. The Kier molecular flexibility index (Phi) is 6.75. The Morgan fingerprint density at radius 2 is 1.81 bits per heavy atom. The van der Waals surface area contributed by atoms with Gasteiger partial charge in [-0.1, -0.05) is 63.7 Å². The molecule has 5 aromatic rings. The number of benzene rings is 3. The van der Waals surface area contributed by atoms with Gasteiger partial charge in [-0.3, -0.25) is 9.36 Å². The van der Waals surface area contributed by atoms with Gasteiger partial charge in [0.15, 0.2) is 16.3 Å². The first-order valence-corrected chi connectivity index (χ1v) is 15.3. The maximum Gasteiger partial charge on any atom is 0.271 e. The van der Waals surface area contributed by atoms with E-state index in [0.717, 1.165) is 56.6 Å². The second-order valence-corrected chi connectivity index (χ2v) is 12.3. The monoisotopic (exact) mass is 638 g/mol. The van der Waals surface area contributed by atoms with Crippen LogP contribution in [-0.2, 0) is 6.42 Å². The number of thiazole rings is 1. The van der Waals surface area contributed by atoms with Crippen LogP contribution in [0.3, 0.4) is 0 Å². The van der Waals surface area contributed by atoms with Gasteiger partial charge in [-0.25, -0.2) is 4.99 Å². The van der Waals surface area contributed by atoms with Crippen molar-refractivity contribution in [2.75, 3.05) is 14.2 Å². The molecule has 1 atom stereocenters. The van der Waals surface area contributed by atoms with Gasteiger partial charge in [0.25, 0.3) is 5.56 Å². The van der Waals surface area contributed by atoms with Crippen LogP contribution in [-0.4, -0.2) is 18.8 Å². The third-order valence-corrected chi connectivity index (χ3v) is 9.53. The molecule has 3 heterocycles. The average molecular weight is 640 g/mol. The highest BCUT2D eigenvalue weighted by Gasteiger charge is 2.33. The summed E-state index contributed by atoms with van der Waals surface area (Å²) in [7, 11) is 3.25. The molecule has 0 fully saturated rings. The van der Waals surface area contributed by atoms with Crippen LogP contribution in [0.25, 0.3) is 23.1 Å². The molecule has 0 unspecified atom stereocenters. The van der Waals surface area contributed by atoms with Gasteiger partial charge in [0.2, 0.25) is 0 Å². The van der Waals surface area contributed by atoms with Crippen molar-refractivity contribution < 1.29 is 13.9 Å². The van der Waals surface area contributed by atoms with E-state index in [2.05, 4.69) is 46.3 Å². The predicted molar refractivity (Wildman–Crippen MR) is 169 cm³/mol. The van der Waals surface area contributed by atoms with Crippen LogP contribution >= 0.6 is 27.3 Å². The summed E-state index contributed by atoms with van der Waals surface area (Å²) in [5, 5.41) is 0. The lowest BCUT2D eigenvalue weighted by Crippen LogP contribution is -2.38. The number of fused-ring (bicyclic) bond motifs is 3. The van der Waals surface area contributed by atoms with E-state index in [1.54, 1.807) is 14.2 Å². The van der Waals surface area contributed by atoms with Crippen molar-refractivity contribution in [3.8, 4) is 22.8 Å². The maximum atomic E-state index is 14.1. The minimum Gasteiger partial charge on any atom is -0.493 e. The summed E-state index contributed by atoms with van der Waals surface area (Å²) >= 11 is 5.03. The number of aromatic nitrogens is 1. The minimum atomic E-state index is -0.317. The number of methoxy groups -OCH3 is 2. The standard InChI is InChI=1S/C34H27BrN2O4S/c1-19-8-12-24(26(35)16-19)27-15-11-22(41-27)18-30-33(38)37-32(21-10-14-28(39-2)29(17-21)40-3)25-13-9-20-6-4-5-7-23(20)31(25)36-34(37)42-30/h4-8,10-12,14-18,32H,9,13H2,1-3H3/b30-18-/t32-/m1/s1. The van der Waals surface area contributed by atoms with E-state index in [-0.39, 0.29) is 11.6 Å². The molecule has 3 aromatic carbocycles. The molecule has 1 aliphatic heterocycles.